The summed E-state index contributed by atoms with van der Waals surface area (Å²) in [6, 6.07) is 12.4. The van der Waals surface area contributed by atoms with Crippen LogP contribution in [0, 0.1) is 10.8 Å². The number of hydrogen-bond acceptors (Lipinski definition) is 4. The molecule has 2 N–H and O–H groups in total. The van der Waals surface area contributed by atoms with Crippen LogP contribution < -0.4 is 0 Å². The first kappa shape index (κ1) is 14.4. The van der Waals surface area contributed by atoms with Crippen molar-refractivity contribution in [2.24, 2.45) is 0 Å². The Balaban J connectivity index is 2.25. The van der Waals surface area contributed by atoms with Crippen LogP contribution in [0.2, 0.25) is 0 Å². The van der Waals surface area contributed by atoms with E-state index in [1.807, 2.05) is 18.2 Å². The third-order valence-corrected chi connectivity index (χ3v) is 5.51. The quantitative estimate of drug-likeness (QED) is 0.851. The standard InChI is InChI=1S/C17H14N2O2S/c18-11-12-8-9-15(19)17(10-12)22(20,21)16-7-3-5-13-4-1-2-6-14(13)16/h1-8,10-11,18-19H,9H2. The highest BCUT2D eigenvalue weighted by atomic mass is 32.2. The highest BCUT2D eigenvalue weighted by Crippen LogP contribution is 2.30. The molecule has 2 aromatic carbocycles. The first-order valence-electron chi connectivity index (χ1n) is 6.77. The summed E-state index contributed by atoms with van der Waals surface area (Å²) in [5.41, 5.74) is 0.563. The highest BCUT2D eigenvalue weighted by molar-refractivity contribution is 7.96. The summed E-state index contributed by atoms with van der Waals surface area (Å²) in [6.45, 7) is 0. The normalized spacial score (nSPS) is 15.4. The number of nitrogens with one attached hydrogen (secondary N) is 2. The molecule has 0 spiro atoms. The predicted molar refractivity (Wildman–Crippen MR) is 88.4 cm³/mol. The van der Waals surface area contributed by atoms with Crippen LogP contribution in [-0.4, -0.2) is 20.3 Å². The average Bonchev–Trinajstić information content (AvgIpc) is 2.54. The number of sulfone groups is 1. The van der Waals surface area contributed by atoms with Crippen molar-refractivity contribution < 1.29 is 8.42 Å². The second kappa shape index (κ2) is 5.35. The van der Waals surface area contributed by atoms with E-state index in [9.17, 15) is 8.42 Å². The summed E-state index contributed by atoms with van der Waals surface area (Å²) >= 11 is 0. The Morgan fingerprint density at radius 1 is 1.05 bits per heavy atom. The molecule has 0 fully saturated rings. The van der Waals surface area contributed by atoms with Crippen LogP contribution in [0.4, 0.5) is 0 Å². The zero-order chi connectivity index (χ0) is 15.7. The molecular formula is C17H14N2O2S. The number of fused-ring (bicyclic) bond motifs is 1. The zero-order valence-electron chi connectivity index (χ0n) is 11.7. The van der Waals surface area contributed by atoms with E-state index in [0.29, 0.717) is 11.0 Å². The lowest BCUT2D eigenvalue weighted by molar-refractivity contribution is 0.604. The van der Waals surface area contributed by atoms with Crippen molar-refractivity contribution in [3.8, 4) is 0 Å². The largest absolute Gasteiger partial charge is 0.308 e. The van der Waals surface area contributed by atoms with Gasteiger partial charge in [0, 0.05) is 18.0 Å². The molecule has 1 aliphatic rings. The topological polar surface area (TPSA) is 81.8 Å². The number of allylic oxidation sites excluding steroid dienone is 4. The second-order valence-electron chi connectivity index (χ2n) is 5.02. The fraction of sp³-hybridized carbons (Fsp3) is 0.0588. The summed E-state index contributed by atoms with van der Waals surface area (Å²) in [5, 5.41) is 16.7. The molecule has 110 valence electrons. The van der Waals surface area contributed by atoms with Crippen LogP contribution in [0.3, 0.4) is 0 Å². The molecule has 0 unspecified atom stereocenters. The summed E-state index contributed by atoms with van der Waals surface area (Å²) in [5.74, 6) is 0. The van der Waals surface area contributed by atoms with E-state index < -0.39 is 9.84 Å². The first-order valence-corrected chi connectivity index (χ1v) is 8.25. The molecule has 5 heteroatoms. The lowest BCUT2D eigenvalue weighted by Crippen LogP contribution is -2.16. The van der Waals surface area contributed by atoms with Crippen LogP contribution in [0.5, 0.6) is 0 Å². The molecule has 4 nitrogen and oxygen atoms in total. The lowest BCUT2D eigenvalue weighted by atomic mass is 10.1. The van der Waals surface area contributed by atoms with E-state index in [0.717, 1.165) is 11.6 Å². The SMILES string of the molecule is N=CC1=CCC(=N)C(S(=O)(=O)c2cccc3ccccc23)=C1. The average molecular weight is 310 g/mol. The second-order valence-corrected chi connectivity index (χ2v) is 6.91. The molecule has 0 aromatic heterocycles. The number of rotatable bonds is 3. The number of benzene rings is 2. The molecule has 22 heavy (non-hydrogen) atoms. The number of hydrogen-bond donors (Lipinski definition) is 2. The molecule has 3 rings (SSSR count). The summed E-state index contributed by atoms with van der Waals surface area (Å²) in [4.78, 5) is 0.178. The Morgan fingerprint density at radius 3 is 2.55 bits per heavy atom. The molecule has 0 saturated carbocycles. The Kier molecular flexibility index (Phi) is 3.50. The molecule has 0 bridgehead atoms. The van der Waals surface area contributed by atoms with Crippen LogP contribution in [0.25, 0.3) is 10.8 Å². The van der Waals surface area contributed by atoms with Crippen molar-refractivity contribution in [3.05, 3.63) is 65.1 Å². The van der Waals surface area contributed by atoms with Crippen molar-refractivity contribution in [3.63, 3.8) is 0 Å². The Morgan fingerprint density at radius 2 is 1.77 bits per heavy atom. The van der Waals surface area contributed by atoms with E-state index in [1.54, 1.807) is 30.3 Å². The van der Waals surface area contributed by atoms with Gasteiger partial charge in [0.15, 0.2) is 0 Å². The third kappa shape index (κ3) is 2.29. The summed E-state index contributed by atoms with van der Waals surface area (Å²) in [7, 11) is -3.79. The zero-order valence-corrected chi connectivity index (χ0v) is 12.5. The van der Waals surface area contributed by atoms with Gasteiger partial charge in [-0.1, -0.05) is 42.5 Å². The van der Waals surface area contributed by atoms with Crippen LogP contribution in [-0.2, 0) is 9.84 Å². The van der Waals surface area contributed by atoms with Crippen LogP contribution in [0.1, 0.15) is 6.42 Å². The van der Waals surface area contributed by atoms with E-state index in [-0.39, 0.29) is 21.9 Å². The van der Waals surface area contributed by atoms with Gasteiger partial charge in [0.2, 0.25) is 9.84 Å². The van der Waals surface area contributed by atoms with Gasteiger partial charge in [0.1, 0.15) is 0 Å². The molecule has 1 aliphatic carbocycles. The van der Waals surface area contributed by atoms with Gasteiger partial charge in [-0.05, 0) is 23.1 Å². The monoisotopic (exact) mass is 310 g/mol. The molecule has 0 aliphatic heterocycles. The van der Waals surface area contributed by atoms with E-state index in [1.165, 1.54) is 6.08 Å². The fourth-order valence-corrected chi connectivity index (χ4v) is 4.18. The minimum absolute atomic E-state index is 0.0233. The van der Waals surface area contributed by atoms with Gasteiger partial charge in [0.05, 0.1) is 15.5 Å². The molecule has 0 amide bonds. The van der Waals surface area contributed by atoms with Gasteiger partial charge in [-0.15, -0.1) is 0 Å². The van der Waals surface area contributed by atoms with Crippen molar-refractivity contribution in [2.45, 2.75) is 11.3 Å². The predicted octanol–water partition coefficient (Wildman–Crippen LogP) is 3.50. The first-order chi connectivity index (χ1) is 10.5. The van der Waals surface area contributed by atoms with Crippen molar-refractivity contribution in [1.82, 2.24) is 0 Å². The summed E-state index contributed by atoms with van der Waals surface area (Å²) in [6.07, 6.45) is 4.40. The van der Waals surface area contributed by atoms with Gasteiger partial charge in [-0.2, -0.15) is 0 Å². The van der Waals surface area contributed by atoms with Crippen molar-refractivity contribution >= 4 is 32.5 Å². The van der Waals surface area contributed by atoms with Gasteiger partial charge in [-0.25, -0.2) is 8.42 Å². The maximum Gasteiger partial charge on any atom is 0.209 e. The maximum absolute atomic E-state index is 13.0. The Labute approximate surface area is 128 Å². The fourth-order valence-electron chi connectivity index (χ4n) is 2.51. The smallest absolute Gasteiger partial charge is 0.209 e. The Bertz CT molecular complexity index is 948. The van der Waals surface area contributed by atoms with E-state index in [4.69, 9.17) is 10.8 Å². The molecule has 2 aromatic rings. The maximum atomic E-state index is 13.0. The van der Waals surface area contributed by atoms with Gasteiger partial charge < -0.3 is 10.8 Å². The molecule has 0 saturated heterocycles. The minimum Gasteiger partial charge on any atom is -0.308 e. The molecule has 0 radical (unpaired) electrons. The highest BCUT2D eigenvalue weighted by Gasteiger charge is 2.27. The summed E-state index contributed by atoms with van der Waals surface area (Å²) < 4.78 is 25.9. The van der Waals surface area contributed by atoms with Gasteiger partial charge in [-0.3, -0.25) is 0 Å². The molecule has 0 atom stereocenters. The Hall–Kier alpha value is -2.53. The van der Waals surface area contributed by atoms with E-state index in [2.05, 4.69) is 0 Å². The van der Waals surface area contributed by atoms with E-state index >= 15 is 0 Å². The van der Waals surface area contributed by atoms with Crippen LogP contribution in [0.15, 0.2) is 70.0 Å². The lowest BCUT2D eigenvalue weighted by Gasteiger charge is -2.15. The molecular weight excluding hydrogens is 296 g/mol. The van der Waals surface area contributed by atoms with Crippen molar-refractivity contribution in [1.29, 1.82) is 10.8 Å². The van der Waals surface area contributed by atoms with Crippen molar-refractivity contribution in [2.75, 3.05) is 0 Å². The third-order valence-electron chi connectivity index (χ3n) is 3.63. The minimum atomic E-state index is -3.79. The molecule has 0 heterocycles. The van der Waals surface area contributed by atoms with Gasteiger partial charge in [0.25, 0.3) is 0 Å². The van der Waals surface area contributed by atoms with Gasteiger partial charge >= 0.3 is 0 Å². The van der Waals surface area contributed by atoms with Crippen LogP contribution >= 0.6 is 0 Å².